The Kier molecular flexibility index (Phi) is 6.46. The highest BCUT2D eigenvalue weighted by Crippen LogP contribution is 2.25. The summed E-state index contributed by atoms with van der Waals surface area (Å²) in [6.45, 7) is 8.95. The molecular weight excluding hydrogens is 208 g/mol. The van der Waals surface area contributed by atoms with Gasteiger partial charge in [-0.25, -0.2) is 0 Å². The summed E-state index contributed by atoms with van der Waals surface area (Å²) in [5.74, 6) is 1.57. The van der Waals surface area contributed by atoms with Crippen LogP contribution in [0, 0.1) is 0 Å². The summed E-state index contributed by atoms with van der Waals surface area (Å²) in [4.78, 5) is 0. The molecule has 0 saturated heterocycles. The molecule has 0 spiro atoms. The fraction of sp³-hybridized carbons (Fsp3) is 0.500. The lowest BCUT2D eigenvalue weighted by Crippen LogP contribution is -2.01. The number of allylic oxidation sites excluding steroid dienone is 1. The largest absolute Gasteiger partial charge is 0.493 e. The number of rotatable bonds is 8. The third-order valence-electron chi connectivity index (χ3n) is 2.85. The Balaban J connectivity index is 2.33. The molecule has 0 bridgehead atoms. The maximum absolute atomic E-state index is 5.85. The van der Waals surface area contributed by atoms with Gasteiger partial charge < -0.3 is 4.74 Å². The number of hydrogen-bond acceptors (Lipinski definition) is 1. The smallest absolute Gasteiger partial charge is 0.122 e. The van der Waals surface area contributed by atoms with Crippen LogP contribution in [0.15, 0.2) is 36.9 Å². The van der Waals surface area contributed by atoms with Gasteiger partial charge in [-0.3, -0.25) is 0 Å². The Morgan fingerprint density at radius 3 is 2.65 bits per heavy atom. The van der Waals surface area contributed by atoms with E-state index in [2.05, 4.69) is 38.6 Å². The van der Waals surface area contributed by atoms with Crippen molar-refractivity contribution in [1.29, 1.82) is 0 Å². The standard InChI is InChI=1S/C16H24O/c1-4-5-6-7-10-13-17-16-12-9-8-11-15(16)14(2)3/h4,8-9,11-12,14H,1,5-7,10,13H2,2-3H3. The van der Waals surface area contributed by atoms with E-state index in [1.165, 1.54) is 18.4 Å². The van der Waals surface area contributed by atoms with Crippen LogP contribution in [-0.4, -0.2) is 6.61 Å². The summed E-state index contributed by atoms with van der Waals surface area (Å²) in [7, 11) is 0. The van der Waals surface area contributed by atoms with Gasteiger partial charge >= 0.3 is 0 Å². The second-order valence-electron chi connectivity index (χ2n) is 4.68. The first-order valence-corrected chi connectivity index (χ1v) is 6.58. The zero-order chi connectivity index (χ0) is 12.5. The summed E-state index contributed by atoms with van der Waals surface area (Å²) >= 11 is 0. The predicted molar refractivity (Wildman–Crippen MR) is 74.7 cm³/mol. The van der Waals surface area contributed by atoms with E-state index in [0.29, 0.717) is 5.92 Å². The van der Waals surface area contributed by atoms with Gasteiger partial charge in [0.25, 0.3) is 0 Å². The monoisotopic (exact) mass is 232 g/mol. The van der Waals surface area contributed by atoms with Crippen molar-refractivity contribution >= 4 is 0 Å². The normalized spacial score (nSPS) is 10.5. The Morgan fingerprint density at radius 1 is 1.18 bits per heavy atom. The lowest BCUT2D eigenvalue weighted by molar-refractivity contribution is 0.301. The van der Waals surface area contributed by atoms with Crippen LogP contribution in [0.2, 0.25) is 0 Å². The number of ether oxygens (including phenoxy) is 1. The highest BCUT2D eigenvalue weighted by molar-refractivity contribution is 5.35. The first-order valence-electron chi connectivity index (χ1n) is 6.58. The number of hydrogen-bond donors (Lipinski definition) is 0. The maximum Gasteiger partial charge on any atom is 0.122 e. The summed E-state index contributed by atoms with van der Waals surface area (Å²) in [6.07, 6.45) is 6.66. The summed E-state index contributed by atoms with van der Waals surface area (Å²) in [5, 5.41) is 0. The average molecular weight is 232 g/mol. The lowest BCUT2D eigenvalue weighted by atomic mass is 10.0. The van der Waals surface area contributed by atoms with E-state index in [0.717, 1.165) is 25.2 Å². The predicted octanol–water partition coefficient (Wildman–Crippen LogP) is 4.94. The number of benzene rings is 1. The minimum absolute atomic E-state index is 0.520. The molecule has 0 aliphatic carbocycles. The molecule has 0 N–H and O–H groups in total. The molecule has 0 heterocycles. The quantitative estimate of drug-likeness (QED) is 0.456. The van der Waals surface area contributed by atoms with Crippen LogP contribution in [0.4, 0.5) is 0 Å². The van der Waals surface area contributed by atoms with Gasteiger partial charge in [0, 0.05) is 0 Å². The van der Waals surface area contributed by atoms with Crippen LogP contribution in [0.5, 0.6) is 5.75 Å². The molecule has 0 aliphatic rings. The maximum atomic E-state index is 5.85. The van der Waals surface area contributed by atoms with Gasteiger partial charge in [-0.15, -0.1) is 6.58 Å². The molecule has 1 nitrogen and oxygen atoms in total. The van der Waals surface area contributed by atoms with Crippen molar-refractivity contribution in [2.45, 2.75) is 45.4 Å². The van der Waals surface area contributed by atoms with Crippen molar-refractivity contribution in [2.24, 2.45) is 0 Å². The van der Waals surface area contributed by atoms with E-state index in [1.54, 1.807) is 0 Å². The third kappa shape index (κ3) is 5.08. The SMILES string of the molecule is C=CCCCCCOc1ccccc1C(C)C. The van der Waals surface area contributed by atoms with E-state index in [1.807, 2.05) is 12.1 Å². The van der Waals surface area contributed by atoms with Gasteiger partial charge in [-0.1, -0.05) is 38.1 Å². The minimum Gasteiger partial charge on any atom is -0.493 e. The first kappa shape index (κ1) is 13.8. The van der Waals surface area contributed by atoms with Crippen molar-refractivity contribution in [3.63, 3.8) is 0 Å². The van der Waals surface area contributed by atoms with Gasteiger partial charge in [-0.05, 0) is 43.2 Å². The van der Waals surface area contributed by atoms with Crippen LogP contribution in [-0.2, 0) is 0 Å². The second-order valence-corrected chi connectivity index (χ2v) is 4.68. The van der Waals surface area contributed by atoms with Crippen molar-refractivity contribution < 1.29 is 4.74 Å². The molecule has 0 aromatic heterocycles. The molecule has 0 amide bonds. The van der Waals surface area contributed by atoms with Crippen LogP contribution in [0.25, 0.3) is 0 Å². The van der Waals surface area contributed by atoms with E-state index in [9.17, 15) is 0 Å². The molecule has 0 saturated carbocycles. The van der Waals surface area contributed by atoms with E-state index < -0.39 is 0 Å². The van der Waals surface area contributed by atoms with Crippen molar-refractivity contribution in [3.05, 3.63) is 42.5 Å². The highest BCUT2D eigenvalue weighted by atomic mass is 16.5. The fourth-order valence-corrected chi connectivity index (χ4v) is 1.84. The molecule has 1 aromatic carbocycles. The van der Waals surface area contributed by atoms with Crippen LogP contribution < -0.4 is 4.74 Å². The lowest BCUT2D eigenvalue weighted by Gasteiger charge is -2.13. The Labute approximate surface area is 106 Å². The number of unbranched alkanes of at least 4 members (excludes halogenated alkanes) is 3. The minimum atomic E-state index is 0.520. The van der Waals surface area contributed by atoms with Crippen molar-refractivity contribution in [3.8, 4) is 5.75 Å². The molecule has 0 atom stereocenters. The molecule has 0 unspecified atom stereocenters. The van der Waals surface area contributed by atoms with Gasteiger partial charge in [0.15, 0.2) is 0 Å². The zero-order valence-corrected chi connectivity index (χ0v) is 11.1. The first-order chi connectivity index (χ1) is 8.25. The van der Waals surface area contributed by atoms with Crippen molar-refractivity contribution in [1.82, 2.24) is 0 Å². The van der Waals surface area contributed by atoms with E-state index in [4.69, 9.17) is 4.74 Å². The Hall–Kier alpha value is -1.24. The zero-order valence-electron chi connectivity index (χ0n) is 11.1. The molecule has 0 radical (unpaired) electrons. The third-order valence-corrected chi connectivity index (χ3v) is 2.85. The average Bonchev–Trinajstić information content (AvgIpc) is 2.34. The Morgan fingerprint density at radius 2 is 1.94 bits per heavy atom. The van der Waals surface area contributed by atoms with E-state index >= 15 is 0 Å². The Bertz CT molecular complexity index is 328. The van der Waals surface area contributed by atoms with Crippen molar-refractivity contribution in [2.75, 3.05) is 6.61 Å². The molecule has 1 heteroatoms. The van der Waals surface area contributed by atoms with E-state index in [-0.39, 0.29) is 0 Å². The molecule has 0 fully saturated rings. The van der Waals surface area contributed by atoms with Gasteiger partial charge in [-0.2, -0.15) is 0 Å². The summed E-state index contributed by atoms with van der Waals surface area (Å²) in [5.41, 5.74) is 1.30. The van der Waals surface area contributed by atoms with Gasteiger partial charge in [0.1, 0.15) is 5.75 Å². The van der Waals surface area contributed by atoms with Crippen LogP contribution in [0.3, 0.4) is 0 Å². The second kappa shape index (κ2) is 7.94. The topological polar surface area (TPSA) is 9.23 Å². The molecule has 1 aromatic rings. The van der Waals surface area contributed by atoms with Crippen LogP contribution in [0.1, 0.15) is 51.0 Å². The van der Waals surface area contributed by atoms with Gasteiger partial charge in [0.05, 0.1) is 6.61 Å². The summed E-state index contributed by atoms with van der Waals surface area (Å²) < 4.78 is 5.85. The molecule has 0 aliphatic heterocycles. The van der Waals surface area contributed by atoms with Gasteiger partial charge in [0.2, 0.25) is 0 Å². The molecule has 1 rings (SSSR count). The molecule has 94 valence electrons. The molecular formula is C16H24O. The number of para-hydroxylation sites is 1. The fourth-order valence-electron chi connectivity index (χ4n) is 1.84. The summed E-state index contributed by atoms with van der Waals surface area (Å²) in [6, 6.07) is 8.34. The van der Waals surface area contributed by atoms with Crippen LogP contribution >= 0.6 is 0 Å². The highest BCUT2D eigenvalue weighted by Gasteiger charge is 2.05. The molecule has 17 heavy (non-hydrogen) atoms.